The first-order valence-electron chi connectivity index (χ1n) is 5.97. The van der Waals surface area contributed by atoms with Gasteiger partial charge >= 0.3 is 0 Å². The molecule has 1 aliphatic rings. The predicted molar refractivity (Wildman–Crippen MR) is 66.4 cm³/mol. The minimum Gasteiger partial charge on any atom is -0.293 e. The molecule has 18 heavy (non-hydrogen) atoms. The monoisotopic (exact) mass is 242 g/mol. The summed E-state index contributed by atoms with van der Waals surface area (Å²) in [6.45, 7) is 3.43. The van der Waals surface area contributed by atoms with Crippen molar-refractivity contribution in [2.24, 2.45) is 7.05 Å². The Bertz CT molecular complexity index is 657. The highest BCUT2D eigenvalue weighted by molar-refractivity contribution is 5.95. The van der Waals surface area contributed by atoms with Crippen molar-refractivity contribution in [1.29, 1.82) is 0 Å². The first-order chi connectivity index (χ1) is 8.58. The van der Waals surface area contributed by atoms with Crippen LogP contribution in [0.2, 0.25) is 0 Å². The standard InChI is InChI=1S/C13H14N4O/c1-7(18)11-10-5-4-9-6-14-8(2)15-12(9)13(10)17(3)16-11/h6H,4-5H2,1-3H3. The molecule has 0 bridgehead atoms. The number of ketones is 1. The lowest BCUT2D eigenvalue weighted by molar-refractivity contribution is 0.101. The Kier molecular flexibility index (Phi) is 2.29. The van der Waals surface area contributed by atoms with Crippen LogP contribution >= 0.6 is 0 Å². The smallest absolute Gasteiger partial charge is 0.180 e. The zero-order valence-corrected chi connectivity index (χ0v) is 10.7. The maximum Gasteiger partial charge on any atom is 0.180 e. The number of fused-ring (bicyclic) bond motifs is 3. The van der Waals surface area contributed by atoms with E-state index in [9.17, 15) is 4.79 Å². The number of nitrogens with zero attached hydrogens (tertiary/aromatic N) is 4. The van der Waals surface area contributed by atoms with Crippen LogP contribution in [0.1, 0.15) is 34.4 Å². The molecule has 5 heteroatoms. The number of carbonyl (C=O) groups excluding carboxylic acids is 1. The summed E-state index contributed by atoms with van der Waals surface area (Å²) >= 11 is 0. The molecule has 0 amide bonds. The highest BCUT2D eigenvalue weighted by Gasteiger charge is 2.26. The van der Waals surface area contributed by atoms with Gasteiger partial charge in [0.25, 0.3) is 0 Å². The third kappa shape index (κ3) is 1.47. The minimum absolute atomic E-state index is 0.0149. The molecule has 2 aromatic rings. The van der Waals surface area contributed by atoms with Gasteiger partial charge in [0.15, 0.2) is 5.78 Å². The van der Waals surface area contributed by atoms with Crippen molar-refractivity contribution >= 4 is 5.78 Å². The molecular formula is C13H14N4O. The summed E-state index contributed by atoms with van der Waals surface area (Å²) in [5.74, 6) is 0.758. The second-order valence-electron chi connectivity index (χ2n) is 4.65. The van der Waals surface area contributed by atoms with E-state index < -0.39 is 0 Å². The van der Waals surface area contributed by atoms with Gasteiger partial charge in [-0.1, -0.05) is 0 Å². The first kappa shape index (κ1) is 11.1. The van der Waals surface area contributed by atoms with Gasteiger partial charge in [-0.05, 0) is 25.3 Å². The van der Waals surface area contributed by atoms with E-state index in [0.717, 1.165) is 41.2 Å². The lowest BCUT2D eigenvalue weighted by Gasteiger charge is -2.16. The molecule has 1 aliphatic carbocycles. The Hall–Kier alpha value is -2.04. The summed E-state index contributed by atoms with van der Waals surface area (Å²) in [5.41, 5.74) is 4.62. The average Bonchev–Trinajstić information content (AvgIpc) is 2.67. The highest BCUT2D eigenvalue weighted by Crippen LogP contribution is 2.33. The Labute approximate surface area is 105 Å². The quantitative estimate of drug-likeness (QED) is 0.711. The molecule has 0 saturated carbocycles. The van der Waals surface area contributed by atoms with Crippen LogP contribution in [-0.4, -0.2) is 25.5 Å². The topological polar surface area (TPSA) is 60.7 Å². The van der Waals surface area contributed by atoms with E-state index in [4.69, 9.17) is 0 Å². The van der Waals surface area contributed by atoms with Crippen molar-refractivity contribution < 1.29 is 4.79 Å². The Morgan fingerprint density at radius 3 is 2.89 bits per heavy atom. The second kappa shape index (κ2) is 3.73. The van der Waals surface area contributed by atoms with Gasteiger partial charge in [0.1, 0.15) is 11.5 Å². The molecule has 0 spiro atoms. The summed E-state index contributed by atoms with van der Waals surface area (Å²) < 4.78 is 1.76. The summed E-state index contributed by atoms with van der Waals surface area (Å²) in [7, 11) is 1.86. The van der Waals surface area contributed by atoms with Crippen molar-refractivity contribution in [2.45, 2.75) is 26.7 Å². The van der Waals surface area contributed by atoms with E-state index in [2.05, 4.69) is 15.1 Å². The van der Waals surface area contributed by atoms with Gasteiger partial charge < -0.3 is 0 Å². The summed E-state index contributed by atoms with van der Waals surface area (Å²) in [5, 5.41) is 4.33. The van der Waals surface area contributed by atoms with Gasteiger partial charge in [-0.3, -0.25) is 9.48 Å². The van der Waals surface area contributed by atoms with E-state index in [1.54, 1.807) is 11.6 Å². The fourth-order valence-corrected chi connectivity index (χ4v) is 2.53. The first-order valence-corrected chi connectivity index (χ1v) is 5.97. The van der Waals surface area contributed by atoms with Crippen LogP contribution in [0, 0.1) is 6.92 Å². The number of aromatic nitrogens is 4. The summed E-state index contributed by atoms with van der Waals surface area (Å²) in [6, 6.07) is 0. The van der Waals surface area contributed by atoms with Gasteiger partial charge in [0, 0.05) is 25.7 Å². The lowest BCUT2D eigenvalue weighted by Crippen LogP contribution is -2.10. The van der Waals surface area contributed by atoms with Gasteiger partial charge in [-0.2, -0.15) is 5.10 Å². The Morgan fingerprint density at radius 1 is 1.39 bits per heavy atom. The van der Waals surface area contributed by atoms with Crippen molar-refractivity contribution in [3.05, 3.63) is 28.8 Å². The molecule has 3 rings (SSSR count). The predicted octanol–water partition coefficient (Wildman–Crippen LogP) is 1.49. The van der Waals surface area contributed by atoms with Crippen LogP contribution in [0.5, 0.6) is 0 Å². The average molecular weight is 242 g/mol. The van der Waals surface area contributed by atoms with Crippen molar-refractivity contribution in [1.82, 2.24) is 19.7 Å². The van der Waals surface area contributed by atoms with E-state index in [1.807, 2.05) is 20.2 Å². The van der Waals surface area contributed by atoms with Crippen molar-refractivity contribution in [2.75, 3.05) is 0 Å². The molecule has 2 heterocycles. The molecule has 0 radical (unpaired) electrons. The number of aryl methyl sites for hydroxylation is 3. The maximum atomic E-state index is 11.6. The highest BCUT2D eigenvalue weighted by atomic mass is 16.1. The number of rotatable bonds is 1. The molecule has 0 unspecified atom stereocenters. The third-order valence-electron chi connectivity index (χ3n) is 3.33. The molecule has 2 aromatic heterocycles. The van der Waals surface area contributed by atoms with Gasteiger partial charge in [0.2, 0.25) is 0 Å². The molecular weight excluding hydrogens is 228 g/mol. The van der Waals surface area contributed by atoms with Crippen LogP contribution < -0.4 is 0 Å². The van der Waals surface area contributed by atoms with Crippen LogP contribution in [0.15, 0.2) is 6.20 Å². The molecule has 92 valence electrons. The molecule has 5 nitrogen and oxygen atoms in total. The van der Waals surface area contributed by atoms with Crippen LogP contribution in [-0.2, 0) is 19.9 Å². The van der Waals surface area contributed by atoms with Gasteiger partial charge in [0.05, 0.1) is 11.4 Å². The molecule has 0 aliphatic heterocycles. The molecule has 0 fully saturated rings. The molecule has 0 saturated heterocycles. The second-order valence-corrected chi connectivity index (χ2v) is 4.65. The van der Waals surface area contributed by atoms with Gasteiger partial charge in [-0.25, -0.2) is 9.97 Å². The fourth-order valence-electron chi connectivity index (χ4n) is 2.53. The molecule has 0 N–H and O–H groups in total. The lowest BCUT2D eigenvalue weighted by atomic mass is 9.92. The van der Waals surface area contributed by atoms with Crippen LogP contribution in [0.4, 0.5) is 0 Å². The van der Waals surface area contributed by atoms with Crippen molar-refractivity contribution in [3.63, 3.8) is 0 Å². The molecule has 0 aromatic carbocycles. The largest absolute Gasteiger partial charge is 0.293 e. The third-order valence-corrected chi connectivity index (χ3v) is 3.33. The maximum absolute atomic E-state index is 11.6. The zero-order valence-electron chi connectivity index (χ0n) is 10.7. The van der Waals surface area contributed by atoms with E-state index in [-0.39, 0.29) is 5.78 Å². The van der Waals surface area contributed by atoms with Gasteiger partial charge in [-0.15, -0.1) is 0 Å². The van der Waals surface area contributed by atoms with Crippen LogP contribution in [0.3, 0.4) is 0 Å². The fraction of sp³-hybridized carbons (Fsp3) is 0.385. The normalized spacial score (nSPS) is 13.1. The minimum atomic E-state index is 0.0149. The van der Waals surface area contributed by atoms with Crippen LogP contribution in [0.25, 0.3) is 11.4 Å². The van der Waals surface area contributed by atoms with Crippen molar-refractivity contribution in [3.8, 4) is 11.4 Å². The Morgan fingerprint density at radius 2 is 2.17 bits per heavy atom. The summed E-state index contributed by atoms with van der Waals surface area (Å²) in [4.78, 5) is 20.3. The number of hydrogen-bond donors (Lipinski definition) is 0. The number of hydrogen-bond acceptors (Lipinski definition) is 4. The zero-order chi connectivity index (χ0) is 12.9. The summed E-state index contributed by atoms with van der Waals surface area (Å²) in [6.07, 6.45) is 3.58. The van der Waals surface area contributed by atoms with E-state index in [0.29, 0.717) is 5.69 Å². The number of Topliss-reactive ketones (excluding diaryl/α,β-unsaturated/α-hetero) is 1. The van der Waals surface area contributed by atoms with E-state index >= 15 is 0 Å². The molecule has 0 atom stereocenters. The Balaban J connectivity index is 2.30. The SMILES string of the molecule is CC(=O)c1nn(C)c2c1CCc1cnc(C)nc1-2. The van der Waals surface area contributed by atoms with E-state index in [1.165, 1.54) is 0 Å². The number of carbonyl (C=O) groups is 1.